The van der Waals surface area contributed by atoms with Gasteiger partial charge >= 0.3 is 0 Å². The van der Waals surface area contributed by atoms with Gasteiger partial charge in [-0.2, -0.15) is 0 Å². The maximum Gasteiger partial charge on any atom is 0.228 e. The van der Waals surface area contributed by atoms with Crippen LogP contribution in [0.2, 0.25) is 0 Å². The van der Waals surface area contributed by atoms with Crippen LogP contribution >= 0.6 is 36.2 Å². The van der Waals surface area contributed by atoms with Crippen molar-refractivity contribution in [3.63, 3.8) is 0 Å². The third-order valence-electron chi connectivity index (χ3n) is 3.75. The fourth-order valence-corrected chi connectivity index (χ4v) is 2.99. The van der Waals surface area contributed by atoms with E-state index in [-0.39, 0.29) is 36.8 Å². The summed E-state index contributed by atoms with van der Waals surface area (Å²) in [7, 11) is 0. The van der Waals surface area contributed by atoms with Gasteiger partial charge in [0.1, 0.15) is 0 Å². The molecule has 0 spiro atoms. The molecule has 1 saturated heterocycles. The second-order valence-corrected chi connectivity index (χ2v) is 6.15. The summed E-state index contributed by atoms with van der Waals surface area (Å²) < 4.78 is 5.32. The molecule has 0 radical (unpaired) electrons. The Morgan fingerprint density at radius 1 is 1.52 bits per heavy atom. The summed E-state index contributed by atoms with van der Waals surface area (Å²) in [6.07, 6.45) is 1.39. The lowest BCUT2D eigenvalue weighted by Crippen LogP contribution is -2.49. The first-order valence-electron chi connectivity index (χ1n) is 6.58. The molecular formula is C13H23Cl2N3O2S. The normalized spacial score (nSPS) is 18.0. The zero-order valence-corrected chi connectivity index (χ0v) is 14.7. The molecule has 0 bridgehead atoms. The van der Waals surface area contributed by atoms with E-state index in [4.69, 9.17) is 10.5 Å². The Morgan fingerprint density at radius 3 is 2.62 bits per heavy atom. The number of nitrogens with zero attached hydrogens (tertiary/aromatic N) is 1. The van der Waals surface area contributed by atoms with Crippen LogP contribution < -0.4 is 11.1 Å². The van der Waals surface area contributed by atoms with E-state index in [0.717, 1.165) is 10.7 Å². The zero-order valence-electron chi connectivity index (χ0n) is 12.3. The lowest BCUT2D eigenvalue weighted by molar-refractivity contribution is -0.136. The van der Waals surface area contributed by atoms with Crippen molar-refractivity contribution in [1.82, 2.24) is 10.3 Å². The number of amides is 1. The third kappa shape index (κ3) is 4.79. The number of aryl methyl sites for hydroxylation is 1. The first-order valence-corrected chi connectivity index (χ1v) is 7.46. The molecule has 1 aromatic rings. The Hall–Kier alpha value is -0.400. The van der Waals surface area contributed by atoms with Crippen molar-refractivity contribution in [3.05, 3.63) is 16.1 Å². The molecule has 8 heteroatoms. The number of aromatic nitrogens is 1. The smallest absolute Gasteiger partial charge is 0.228 e. The maximum absolute atomic E-state index is 12.5. The molecule has 2 heterocycles. The molecule has 1 atom stereocenters. The summed E-state index contributed by atoms with van der Waals surface area (Å²) in [6, 6.07) is -0.0799. The van der Waals surface area contributed by atoms with Crippen LogP contribution in [0, 0.1) is 12.3 Å². The van der Waals surface area contributed by atoms with Gasteiger partial charge in [-0.25, -0.2) is 4.98 Å². The van der Waals surface area contributed by atoms with Gasteiger partial charge in [0, 0.05) is 25.1 Å². The number of hydrogen-bond acceptors (Lipinski definition) is 5. The van der Waals surface area contributed by atoms with Crippen molar-refractivity contribution in [2.75, 3.05) is 19.8 Å². The van der Waals surface area contributed by atoms with Crippen molar-refractivity contribution >= 4 is 42.1 Å². The molecule has 1 aromatic heterocycles. The first-order chi connectivity index (χ1) is 9.07. The first kappa shape index (κ1) is 20.6. The molecule has 5 nitrogen and oxygen atoms in total. The highest BCUT2D eigenvalue weighted by molar-refractivity contribution is 7.09. The van der Waals surface area contributed by atoms with E-state index in [9.17, 15) is 4.79 Å². The predicted octanol–water partition coefficient (Wildman–Crippen LogP) is 2.23. The third-order valence-corrected chi connectivity index (χ3v) is 4.54. The van der Waals surface area contributed by atoms with Crippen molar-refractivity contribution < 1.29 is 9.53 Å². The van der Waals surface area contributed by atoms with E-state index < -0.39 is 5.41 Å². The van der Waals surface area contributed by atoms with E-state index >= 15 is 0 Å². The van der Waals surface area contributed by atoms with Gasteiger partial charge in [0.25, 0.3) is 0 Å². The average Bonchev–Trinajstić information content (AvgIpc) is 2.86. The quantitative estimate of drug-likeness (QED) is 0.867. The Bertz CT molecular complexity index is 450. The number of ether oxygens (including phenoxy) is 1. The number of thiazole rings is 1. The number of hydrogen-bond donors (Lipinski definition) is 2. The number of nitrogens with two attached hydrogens (primary N) is 1. The fourth-order valence-electron chi connectivity index (χ4n) is 2.29. The van der Waals surface area contributed by atoms with Gasteiger partial charge in [-0.05, 0) is 26.7 Å². The van der Waals surface area contributed by atoms with Crippen LogP contribution in [0.3, 0.4) is 0 Å². The molecule has 1 aliphatic rings. The molecule has 1 amide bonds. The lowest BCUT2D eigenvalue weighted by atomic mass is 9.79. The Kier molecular flexibility index (Phi) is 8.73. The molecule has 1 unspecified atom stereocenters. The predicted molar refractivity (Wildman–Crippen MR) is 89.4 cm³/mol. The van der Waals surface area contributed by atoms with Gasteiger partial charge in [0.05, 0.1) is 22.2 Å². The number of halogens is 2. The molecule has 1 fully saturated rings. The van der Waals surface area contributed by atoms with Crippen LogP contribution in [-0.4, -0.2) is 30.6 Å². The molecule has 0 aliphatic carbocycles. The Balaban J connectivity index is 0.00000200. The van der Waals surface area contributed by atoms with Crippen LogP contribution in [0.5, 0.6) is 0 Å². The number of rotatable bonds is 4. The van der Waals surface area contributed by atoms with E-state index in [2.05, 4.69) is 10.3 Å². The summed E-state index contributed by atoms with van der Waals surface area (Å²) in [5.41, 5.74) is 6.27. The zero-order chi connectivity index (χ0) is 13.9. The van der Waals surface area contributed by atoms with E-state index in [1.54, 1.807) is 11.3 Å². The second kappa shape index (κ2) is 8.90. The van der Waals surface area contributed by atoms with Crippen LogP contribution in [-0.2, 0) is 9.53 Å². The molecule has 3 N–H and O–H groups in total. The van der Waals surface area contributed by atoms with Gasteiger partial charge in [-0.15, -0.1) is 36.2 Å². The fraction of sp³-hybridized carbons (Fsp3) is 0.692. The summed E-state index contributed by atoms with van der Waals surface area (Å²) >= 11 is 1.59. The minimum absolute atomic E-state index is 0. The van der Waals surface area contributed by atoms with E-state index in [1.807, 2.05) is 19.2 Å². The van der Waals surface area contributed by atoms with Gasteiger partial charge in [0.15, 0.2) is 0 Å². The topological polar surface area (TPSA) is 77.2 Å². The summed E-state index contributed by atoms with van der Waals surface area (Å²) in [5.74, 6) is 0.0245. The van der Waals surface area contributed by atoms with Gasteiger partial charge in [-0.3, -0.25) is 4.79 Å². The van der Waals surface area contributed by atoms with Gasteiger partial charge in [0.2, 0.25) is 5.91 Å². The van der Waals surface area contributed by atoms with E-state index in [0.29, 0.717) is 32.6 Å². The van der Waals surface area contributed by atoms with Crippen LogP contribution in [0.25, 0.3) is 0 Å². The van der Waals surface area contributed by atoms with Crippen LogP contribution in [0.4, 0.5) is 0 Å². The highest BCUT2D eigenvalue weighted by Gasteiger charge is 2.39. The van der Waals surface area contributed by atoms with E-state index in [1.165, 1.54) is 0 Å². The summed E-state index contributed by atoms with van der Waals surface area (Å²) in [4.78, 5) is 16.9. The molecule has 2 rings (SSSR count). The number of nitrogens with one attached hydrogen (secondary N) is 1. The van der Waals surface area contributed by atoms with Gasteiger partial charge in [-0.1, -0.05) is 0 Å². The Morgan fingerprint density at radius 2 is 2.14 bits per heavy atom. The minimum Gasteiger partial charge on any atom is -0.381 e. The van der Waals surface area contributed by atoms with Crippen molar-refractivity contribution in [2.45, 2.75) is 32.7 Å². The highest BCUT2D eigenvalue weighted by Crippen LogP contribution is 2.30. The lowest BCUT2D eigenvalue weighted by Gasteiger charge is -2.35. The average molecular weight is 356 g/mol. The van der Waals surface area contributed by atoms with Crippen LogP contribution in [0.15, 0.2) is 5.38 Å². The van der Waals surface area contributed by atoms with Crippen LogP contribution in [0.1, 0.15) is 36.5 Å². The molecule has 21 heavy (non-hydrogen) atoms. The van der Waals surface area contributed by atoms with Crippen molar-refractivity contribution in [3.8, 4) is 0 Å². The molecule has 0 saturated carbocycles. The largest absolute Gasteiger partial charge is 0.381 e. The number of carbonyl (C=O) groups excluding carboxylic acids is 1. The second-order valence-electron chi connectivity index (χ2n) is 5.08. The highest BCUT2D eigenvalue weighted by atomic mass is 35.5. The SMILES string of the molecule is Cc1nc(C(C)NC(=O)C2(CN)CCOCC2)cs1.Cl.Cl. The van der Waals surface area contributed by atoms with Gasteiger partial charge < -0.3 is 15.8 Å². The summed E-state index contributed by atoms with van der Waals surface area (Å²) in [6.45, 7) is 5.49. The standard InChI is InChI=1S/C13H21N3O2S.2ClH/c1-9(11-7-19-10(2)16-11)15-12(17)13(8-14)3-5-18-6-4-13;;/h7,9H,3-6,8,14H2,1-2H3,(H,15,17);2*1H. The molecule has 0 aromatic carbocycles. The maximum atomic E-state index is 12.5. The Labute approximate surface area is 141 Å². The minimum atomic E-state index is -0.475. The number of carbonyl (C=O) groups is 1. The van der Waals surface area contributed by atoms with Crippen molar-refractivity contribution in [2.24, 2.45) is 11.1 Å². The summed E-state index contributed by atoms with van der Waals surface area (Å²) in [5, 5.41) is 6.04. The molecule has 1 aliphatic heterocycles. The monoisotopic (exact) mass is 355 g/mol. The van der Waals surface area contributed by atoms with Crippen molar-refractivity contribution in [1.29, 1.82) is 0 Å². The molecular weight excluding hydrogens is 333 g/mol. The molecule has 122 valence electrons.